The molecule has 134 valence electrons. The second-order valence-electron chi connectivity index (χ2n) is 5.29. The summed E-state index contributed by atoms with van der Waals surface area (Å²) in [7, 11) is -2.70. The van der Waals surface area contributed by atoms with E-state index in [9.17, 15) is 13.2 Å². The third-order valence-electron chi connectivity index (χ3n) is 3.39. The number of primary amides is 1. The van der Waals surface area contributed by atoms with Gasteiger partial charge < -0.3 is 14.7 Å². The van der Waals surface area contributed by atoms with Crippen LogP contribution in [-0.2, 0) is 14.9 Å². The molecule has 0 unspecified atom stereocenters. The van der Waals surface area contributed by atoms with Crippen LogP contribution in [-0.4, -0.2) is 21.4 Å². The van der Waals surface area contributed by atoms with Crippen molar-refractivity contribution in [3.8, 4) is 17.6 Å². The summed E-state index contributed by atoms with van der Waals surface area (Å²) in [6, 6.07) is 12.2. The molecule has 0 heterocycles. The van der Waals surface area contributed by atoms with Crippen LogP contribution in [0.25, 0.3) is 6.08 Å². The van der Waals surface area contributed by atoms with Gasteiger partial charge in [0.2, 0.25) is 0 Å². The zero-order chi connectivity index (χ0) is 19.3. The first-order chi connectivity index (χ1) is 12.3. The number of nitrogens with zero attached hydrogens (tertiary/aromatic N) is 1. The third-order valence-corrected chi connectivity index (χ3v) is 4.64. The molecule has 0 aromatic heterocycles. The Hall–Kier alpha value is -3.31. The molecule has 0 saturated heterocycles. The molecule has 0 atom stereocenters. The molecule has 0 radical (unpaired) electrons. The molecule has 2 aromatic carbocycles. The van der Waals surface area contributed by atoms with Crippen molar-refractivity contribution in [1.82, 2.24) is 0 Å². The monoisotopic (exact) mass is 372 g/mol. The summed E-state index contributed by atoms with van der Waals surface area (Å²) >= 11 is 0. The van der Waals surface area contributed by atoms with Crippen molar-refractivity contribution in [3.05, 3.63) is 59.2 Å². The number of hydrogen-bond acceptors (Lipinski definition) is 6. The number of benzene rings is 2. The number of nitrogens with two attached hydrogens (primary N) is 1. The minimum Gasteiger partial charge on any atom is -0.493 e. The summed E-state index contributed by atoms with van der Waals surface area (Å²) in [6.07, 6.45) is 1.27. The first-order valence-corrected chi connectivity index (χ1v) is 8.78. The number of amides is 1. The Morgan fingerprint density at radius 2 is 1.81 bits per heavy atom. The van der Waals surface area contributed by atoms with Crippen LogP contribution in [0.4, 0.5) is 0 Å². The summed E-state index contributed by atoms with van der Waals surface area (Å²) in [5.74, 6) is -0.771. The second-order valence-corrected chi connectivity index (χ2v) is 6.84. The molecule has 2 aromatic rings. The fourth-order valence-corrected chi connectivity index (χ4v) is 2.98. The van der Waals surface area contributed by atoms with E-state index in [0.717, 1.165) is 5.56 Å². The zero-order valence-corrected chi connectivity index (χ0v) is 14.9. The average molecular weight is 372 g/mol. The van der Waals surface area contributed by atoms with Crippen LogP contribution < -0.4 is 14.7 Å². The summed E-state index contributed by atoms with van der Waals surface area (Å²) in [5.41, 5.74) is 6.19. The van der Waals surface area contributed by atoms with Gasteiger partial charge in [0.05, 0.1) is 7.11 Å². The molecule has 2 rings (SSSR count). The lowest BCUT2D eigenvalue weighted by molar-refractivity contribution is -0.114. The maximum Gasteiger partial charge on any atom is 0.339 e. The van der Waals surface area contributed by atoms with Crippen LogP contribution in [0.5, 0.6) is 11.5 Å². The number of carbonyl (C=O) groups is 1. The van der Waals surface area contributed by atoms with Gasteiger partial charge in [-0.2, -0.15) is 13.7 Å². The molecule has 7 nitrogen and oxygen atoms in total. The number of carbonyl (C=O) groups excluding carboxylic acids is 1. The van der Waals surface area contributed by atoms with Crippen LogP contribution in [0.3, 0.4) is 0 Å². The molecular weight excluding hydrogens is 356 g/mol. The highest BCUT2D eigenvalue weighted by molar-refractivity contribution is 7.87. The molecule has 8 heteroatoms. The lowest BCUT2D eigenvalue weighted by atomic mass is 10.1. The van der Waals surface area contributed by atoms with E-state index in [1.807, 2.05) is 6.92 Å². The van der Waals surface area contributed by atoms with E-state index in [1.165, 1.54) is 43.5 Å². The third kappa shape index (κ3) is 4.40. The Morgan fingerprint density at radius 1 is 1.15 bits per heavy atom. The topological polar surface area (TPSA) is 119 Å². The summed E-state index contributed by atoms with van der Waals surface area (Å²) in [6.45, 7) is 1.84. The summed E-state index contributed by atoms with van der Waals surface area (Å²) < 4.78 is 35.1. The van der Waals surface area contributed by atoms with Gasteiger partial charge in [-0.15, -0.1) is 0 Å². The highest BCUT2D eigenvalue weighted by Crippen LogP contribution is 2.31. The number of rotatable bonds is 6. The number of ether oxygens (including phenoxy) is 1. The summed E-state index contributed by atoms with van der Waals surface area (Å²) in [4.78, 5) is 11.1. The van der Waals surface area contributed by atoms with Crippen LogP contribution in [0.1, 0.15) is 11.1 Å². The standard InChI is InChI=1S/C18H16N2O5S/c1-12-3-6-15(7-4-12)26(22,23)25-16-8-5-13(10-17(16)24-2)9-14(11-19)18(20)21/h3-10H,1-2H3,(H2,20,21)/b14-9+. The van der Waals surface area contributed by atoms with Crippen molar-refractivity contribution < 1.29 is 22.1 Å². The molecule has 2 N–H and O–H groups in total. The molecule has 1 amide bonds. The molecule has 26 heavy (non-hydrogen) atoms. The first kappa shape index (κ1) is 19.0. The van der Waals surface area contributed by atoms with Crippen molar-refractivity contribution in [2.75, 3.05) is 7.11 Å². The minimum absolute atomic E-state index is 0.00891. The second kappa shape index (κ2) is 7.72. The van der Waals surface area contributed by atoms with Crippen LogP contribution in [0, 0.1) is 18.3 Å². The van der Waals surface area contributed by atoms with E-state index in [0.29, 0.717) is 5.56 Å². The molecule has 0 fully saturated rings. The highest BCUT2D eigenvalue weighted by atomic mass is 32.2. The van der Waals surface area contributed by atoms with Gasteiger partial charge in [-0.05, 0) is 42.8 Å². The quantitative estimate of drug-likeness (QED) is 0.471. The Balaban J connectivity index is 2.38. The van der Waals surface area contributed by atoms with Gasteiger partial charge in [0.25, 0.3) is 5.91 Å². The lowest BCUT2D eigenvalue weighted by Crippen LogP contribution is -2.12. The zero-order valence-electron chi connectivity index (χ0n) is 14.1. The van der Waals surface area contributed by atoms with E-state index < -0.39 is 16.0 Å². The van der Waals surface area contributed by atoms with Gasteiger partial charge >= 0.3 is 10.1 Å². The van der Waals surface area contributed by atoms with Crippen molar-refractivity contribution in [2.45, 2.75) is 11.8 Å². The predicted molar refractivity (Wildman–Crippen MR) is 94.8 cm³/mol. The lowest BCUT2D eigenvalue weighted by Gasteiger charge is -2.11. The summed E-state index contributed by atoms with van der Waals surface area (Å²) in [5, 5.41) is 8.88. The van der Waals surface area contributed by atoms with E-state index in [4.69, 9.17) is 19.9 Å². The minimum atomic E-state index is -4.04. The SMILES string of the molecule is COc1cc(/C=C(\C#N)C(N)=O)ccc1OS(=O)(=O)c1ccc(C)cc1. The fraction of sp³-hybridized carbons (Fsp3) is 0.111. The van der Waals surface area contributed by atoms with Gasteiger partial charge in [0.1, 0.15) is 16.5 Å². The molecule has 0 bridgehead atoms. The van der Waals surface area contributed by atoms with Gasteiger partial charge in [0, 0.05) is 0 Å². The number of aryl methyl sites for hydroxylation is 1. The Kier molecular flexibility index (Phi) is 5.64. The molecule has 0 saturated carbocycles. The molecule has 0 aliphatic carbocycles. The average Bonchev–Trinajstić information content (AvgIpc) is 2.60. The highest BCUT2D eigenvalue weighted by Gasteiger charge is 2.19. The largest absolute Gasteiger partial charge is 0.493 e. The van der Waals surface area contributed by atoms with Crippen molar-refractivity contribution >= 4 is 22.1 Å². The van der Waals surface area contributed by atoms with Gasteiger partial charge in [-0.1, -0.05) is 23.8 Å². The predicted octanol–water partition coefficient (Wildman–Crippen LogP) is 2.16. The number of methoxy groups -OCH3 is 1. The van der Waals surface area contributed by atoms with E-state index >= 15 is 0 Å². The van der Waals surface area contributed by atoms with E-state index in [1.54, 1.807) is 18.2 Å². The normalized spacial score (nSPS) is 11.5. The van der Waals surface area contributed by atoms with Gasteiger partial charge in [-0.3, -0.25) is 4.79 Å². The van der Waals surface area contributed by atoms with Crippen LogP contribution >= 0.6 is 0 Å². The molecular formula is C18H16N2O5S. The van der Waals surface area contributed by atoms with Crippen molar-refractivity contribution in [1.29, 1.82) is 5.26 Å². The Bertz CT molecular complexity index is 1000. The molecule has 0 aliphatic rings. The number of hydrogen-bond donors (Lipinski definition) is 1. The maximum absolute atomic E-state index is 12.4. The maximum atomic E-state index is 12.4. The molecule has 0 aliphatic heterocycles. The van der Waals surface area contributed by atoms with Gasteiger partial charge in [0.15, 0.2) is 11.5 Å². The number of nitriles is 1. The van der Waals surface area contributed by atoms with Gasteiger partial charge in [-0.25, -0.2) is 0 Å². The van der Waals surface area contributed by atoms with Crippen LogP contribution in [0.15, 0.2) is 52.9 Å². The Labute approximate surface area is 151 Å². The van der Waals surface area contributed by atoms with Crippen molar-refractivity contribution in [3.63, 3.8) is 0 Å². The smallest absolute Gasteiger partial charge is 0.339 e. The molecule has 0 spiro atoms. The van der Waals surface area contributed by atoms with E-state index in [2.05, 4.69) is 0 Å². The fourth-order valence-electron chi connectivity index (χ4n) is 2.04. The van der Waals surface area contributed by atoms with E-state index in [-0.39, 0.29) is 22.0 Å². The van der Waals surface area contributed by atoms with Crippen LogP contribution in [0.2, 0.25) is 0 Å². The first-order valence-electron chi connectivity index (χ1n) is 7.37. The Morgan fingerprint density at radius 3 is 2.35 bits per heavy atom. The van der Waals surface area contributed by atoms with Crippen molar-refractivity contribution in [2.24, 2.45) is 5.73 Å².